The summed E-state index contributed by atoms with van der Waals surface area (Å²) in [5, 5.41) is 10.3. The second kappa shape index (κ2) is 8.34. The Morgan fingerprint density at radius 1 is 1.09 bits per heavy atom. The number of hydrogen-bond acceptors (Lipinski definition) is 7. The van der Waals surface area contributed by atoms with Gasteiger partial charge in [-0.3, -0.25) is 4.98 Å². The molecule has 0 saturated carbocycles. The van der Waals surface area contributed by atoms with Crippen LogP contribution < -0.4 is 9.04 Å². The molecule has 168 valence electrons. The third-order valence-electron chi connectivity index (χ3n) is 4.65. The average molecular weight is 490 g/mol. The van der Waals surface area contributed by atoms with Crippen LogP contribution in [0.3, 0.4) is 0 Å². The van der Waals surface area contributed by atoms with Crippen molar-refractivity contribution in [1.29, 1.82) is 5.26 Å². The van der Waals surface area contributed by atoms with Crippen molar-refractivity contribution in [1.82, 2.24) is 9.97 Å². The summed E-state index contributed by atoms with van der Waals surface area (Å²) < 4.78 is 73.0. The lowest BCUT2D eigenvalue weighted by molar-refractivity contribution is -0.137. The van der Waals surface area contributed by atoms with Gasteiger partial charge in [0.1, 0.15) is 22.4 Å². The van der Waals surface area contributed by atoms with E-state index in [2.05, 4.69) is 9.97 Å². The van der Waals surface area contributed by atoms with Crippen LogP contribution in [0.15, 0.2) is 66.0 Å². The van der Waals surface area contributed by atoms with Crippen molar-refractivity contribution in [3.8, 4) is 11.8 Å². The number of nitrogens with zero attached hydrogens (tertiary/aromatic N) is 4. The summed E-state index contributed by atoms with van der Waals surface area (Å²) >= 11 is 0.777. The third-order valence-corrected chi connectivity index (χ3v) is 7.36. The van der Waals surface area contributed by atoms with E-state index >= 15 is 0 Å². The fourth-order valence-corrected chi connectivity index (χ4v) is 5.52. The van der Waals surface area contributed by atoms with Gasteiger partial charge in [-0.15, -0.1) is 0 Å². The van der Waals surface area contributed by atoms with E-state index in [1.807, 2.05) is 6.07 Å². The molecule has 0 amide bonds. The van der Waals surface area contributed by atoms with Crippen LogP contribution in [0.5, 0.6) is 5.75 Å². The first-order valence-corrected chi connectivity index (χ1v) is 11.4. The van der Waals surface area contributed by atoms with Crippen molar-refractivity contribution < 1.29 is 26.3 Å². The first-order valence-electron chi connectivity index (χ1n) is 9.15. The zero-order valence-corrected chi connectivity index (χ0v) is 18.4. The van der Waals surface area contributed by atoms with Crippen molar-refractivity contribution in [3.05, 3.63) is 71.5 Å². The number of pyridine rings is 1. The van der Waals surface area contributed by atoms with Gasteiger partial charge in [-0.2, -0.15) is 18.4 Å². The van der Waals surface area contributed by atoms with E-state index in [9.17, 15) is 21.6 Å². The number of sulfonamides is 1. The number of thiazole rings is 1. The van der Waals surface area contributed by atoms with E-state index in [1.54, 1.807) is 18.3 Å². The predicted octanol–water partition coefficient (Wildman–Crippen LogP) is 5.12. The molecular weight excluding hydrogens is 477 g/mol. The number of nitriles is 1. The van der Waals surface area contributed by atoms with Gasteiger partial charge < -0.3 is 4.74 Å². The number of aromatic nitrogens is 2. The SMILES string of the molecule is COc1cc(C(F)(F)F)ccc1N(c1ncc(C#N)s1)S(=O)(=O)c1ccc2cnccc2c1. The molecule has 0 radical (unpaired) electrons. The van der Waals surface area contributed by atoms with Crippen molar-refractivity contribution in [3.63, 3.8) is 0 Å². The second-order valence-corrected chi connectivity index (χ2v) is 9.45. The normalized spacial score (nSPS) is 11.8. The number of fused-ring (bicyclic) bond motifs is 1. The number of halogens is 3. The van der Waals surface area contributed by atoms with Crippen molar-refractivity contribution >= 4 is 43.0 Å². The van der Waals surface area contributed by atoms with E-state index in [0.717, 1.165) is 34.9 Å². The lowest BCUT2D eigenvalue weighted by Crippen LogP contribution is -2.27. The molecule has 0 aliphatic heterocycles. The number of rotatable bonds is 5. The van der Waals surface area contributed by atoms with E-state index in [4.69, 9.17) is 10.00 Å². The Kier molecular flexibility index (Phi) is 5.69. The Bertz CT molecular complexity index is 1490. The largest absolute Gasteiger partial charge is 0.495 e. The molecule has 0 bridgehead atoms. The number of methoxy groups -OCH3 is 1. The second-order valence-electron chi connectivity index (χ2n) is 6.66. The molecule has 2 aromatic heterocycles. The molecule has 0 atom stereocenters. The monoisotopic (exact) mass is 490 g/mol. The Hall–Kier alpha value is -3.69. The Labute approximate surface area is 190 Å². The Morgan fingerprint density at radius 3 is 2.55 bits per heavy atom. The van der Waals surface area contributed by atoms with E-state index < -0.39 is 21.8 Å². The molecule has 0 saturated heterocycles. The zero-order valence-electron chi connectivity index (χ0n) is 16.7. The molecular formula is C21H13F3N4O3S2. The molecule has 0 aliphatic rings. The fraction of sp³-hybridized carbons (Fsp3) is 0.0952. The molecule has 0 N–H and O–H groups in total. The van der Waals surface area contributed by atoms with Crippen LogP contribution in [-0.4, -0.2) is 25.5 Å². The highest BCUT2D eigenvalue weighted by Gasteiger charge is 2.35. The summed E-state index contributed by atoms with van der Waals surface area (Å²) in [5.41, 5.74) is -1.19. The highest BCUT2D eigenvalue weighted by Crippen LogP contribution is 2.43. The fourth-order valence-electron chi connectivity index (χ4n) is 3.09. The molecule has 0 fully saturated rings. The summed E-state index contributed by atoms with van der Waals surface area (Å²) in [4.78, 5) is 8.01. The van der Waals surface area contributed by atoms with Gasteiger partial charge in [0.05, 0.1) is 23.8 Å². The van der Waals surface area contributed by atoms with Gasteiger partial charge >= 0.3 is 6.18 Å². The maximum absolute atomic E-state index is 13.7. The number of anilines is 2. The van der Waals surface area contributed by atoms with Crippen LogP contribution >= 0.6 is 11.3 Å². The van der Waals surface area contributed by atoms with Crippen LogP contribution in [0.1, 0.15) is 10.4 Å². The molecule has 2 heterocycles. The van der Waals surface area contributed by atoms with Crippen molar-refractivity contribution in [2.45, 2.75) is 11.1 Å². The van der Waals surface area contributed by atoms with Crippen LogP contribution in [0, 0.1) is 11.3 Å². The molecule has 0 spiro atoms. The number of alkyl halides is 3. The minimum Gasteiger partial charge on any atom is -0.495 e. The van der Waals surface area contributed by atoms with Crippen LogP contribution in [0.2, 0.25) is 0 Å². The lowest BCUT2D eigenvalue weighted by atomic mass is 10.2. The Morgan fingerprint density at radius 2 is 1.88 bits per heavy atom. The van der Waals surface area contributed by atoms with Crippen LogP contribution in [0.4, 0.5) is 24.0 Å². The quantitative estimate of drug-likeness (QED) is 0.385. The molecule has 0 aliphatic carbocycles. The topological polar surface area (TPSA) is 96.2 Å². The maximum atomic E-state index is 13.7. The standard InChI is InChI=1S/C21H13F3N4O3S2/c1-31-19-9-15(21(22,23)24)3-5-18(19)28(20-27-12-16(10-25)32-20)33(29,30)17-4-2-14-11-26-7-6-13(14)8-17/h2-9,11-12H,1H3. The lowest BCUT2D eigenvalue weighted by Gasteiger charge is -2.24. The van der Waals surface area contributed by atoms with Gasteiger partial charge in [-0.1, -0.05) is 17.4 Å². The number of hydrogen-bond donors (Lipinski definition) is 0. The molecule has 2 aromatic carbocycles. The highest BCUT2D eigenvalue weighted by atomic mass is 32.2. The zero-order chi connectivity index (χ0) is 23.8. The van der Waals surface area contributed by atoms with Crippen LogP contribution in [0.25, 0.3) is 10.8 Å². The van der Waals surface area contributed by atoms with E-state index in [-0.39, 0.29) is 26.3 Å². The van der Waals surface area contributed by atoms with Gasteiger partial charge in [0.2, 0.25) is 5.13 Å². The summed E-state index contributed by atoms with van der Waals surface area (Å²) in [6, 6.07) is 10.3. The smallest absolute Gasteiger partial charge is 0.416 e. The summed E-state index contributed by atoms with van der Waals surface area (Å²) in [5.74, 6) is -0.327. The Balaban J connectivity index is 1.95. The van der Waals surface area contributed by atoms with Gasteiger partial charge in [-0.25, -0.2) is 17.7 Å². The third kappa shape index (κ3) is 4.20. The minimum absolute atomic E-state index is 0.126. The number of ether oxygens (including phenoxy) is 1. The minimum atomic E-state index is -4.66. The molecule has 12 heteroatoms. The molecule has 7 nitrogen and oxygen atoms in total. The maximum Gasteiger partial charge on any atom is 0.416 e. The molecule has 0 unspecified atom stereocenters. The summed E-state index contributed by atoms with van der Waals surface area (Å²) in [7, 11) is -3.25. The van der Waals surface area contributed by atoms with E-state index in [0.29, 0.717) is 16.8 Å². The first-order chi connectivity index (χ1) is 15.6. The van der Waals surface area contributed by atoms with Gasteiger partial charge in [0.15, 0.2) is 0 Å². The first kappa shape index (κ1) is 22.5. The van der Waals surface area contributed by atoms with Gasteiger partial charge in [0, 0.05) is 17.8 Å². The average Bonchev–Trinajstić information content (AvgIpc) is 3.26. The highest BCUT2D eigenvalue weighted by molar-refractivity contribution is 7.93. The molecule has 4 rings (SSSR count). The van der Waals surface area contributed by atoms with Crippen molar-refractivity contribution in [2.24, 2.45) is 0 Å². The predicted molar refractivity (Wildman–Crippen MR) is 116 cm³/mol. The summed E-state index contributed by atoms with van der Waals surface area (Å²) in [6.07, 6.45) is -0.389. The molecule has 4 aromatic rings. The van der Waals surface area contributed by atoms with Crippen molar-refractivity contribution in [2.75, 3.05) is 11.4 Å². The van der Waals surface area contributed by atoms with Gasteiger partial charge in [-0.05, 0) is 41.8 Å². The molecule has 33 heavy (non-hydrogen) atoms. The van der Waals surface area contributed by atoms with Crippen LogP contribution in [-0.2, 0) is 16.2 Å². The summed E-state index contributed by atoms with van der Waals surface area (Å²) in [6.45, 7) is 0. The van der Waals surface area contributed by atoms with E-state index in [1.165, 1.54) is 24.5 Å². The van der Waals surface area contributed by atoms with Gasteiger partial charge in [0.25, 0.3) is 10.0 Å². The number of benzene rings is 2.